The molecule has 0 saturated heterocycles. The Morgan fingerprint density at radius 2 is 1.92 bits per heavy atom. The topological polar surface area (TPSA) is 58.5 Å². The molecular formula is C20H17N3O2S. The predicted octanol–water partition coefficient (Wildman–Crippen LogP) is 4.74. The van der Waals surface area contributed by atoms with Crippen molar-refractivity contribution in [1.29, 1.82) is 0 Å². The van der Waals surface area contributed by atoms with Crippen LogP contribution in [0.5, 0.6) is 11.5 Å². The number of hydrogen-bond acceptors (Lipinski definition) is 6. The van der Waals surface area contributed by atoms with E-state index in [0.717, 1.165) is 26.8 Å². The van der Waals surface area contributed by atoms with Gasteiger partial charge < -0.3 is 14.7 Å². The number of methoxy groups -OCH3 is 1. The number of phenolic OH excluding ortho intramolecular Hbond substituents is 1. The van der Waals surface area contributed by atoms with Crippen molar-refractivity contribution in [2.75, 3.05) is 12.0 Å². The van der Waals surface area contributed by atoms with E-state index in [0.29, 0.717) is 12.2 Å². The van der Waals surface area contributed by atoms with Crippen LogP contribution in [0, 0.1) is 0 Å². The van der Waals surface area contributed by atoms with Crippen molar-refractivity contribution in [3.8, 4) is 11.5 Å². The van der Waals surface area contributed by atoms with Crippen LogP contribution in [0.15, 0.2) is 66.9 Å². The number of rotatable bonds is 5. The van der Waals surface area contributed by atoms with Gasteiger partial charge in [0.15, 0.2) is 5.13 Å². The molecule has 0 amide bonds. The fraction of sp³-hybridized carbons (Fsp3) is 0.100. The highest BCUT2D eigenvalue weighted by molar-refractivity contribution is 7.22. The summed E-state index contributed by atoms with van der Waals surface area (Å²) in [6.07, 6.45) is 1.77. The summed E-state index contributed by atoms with van der Waals surface area (Å²) >= 11 is 1.55. The molecule has 4 aromatic rings. The van der Waals surface area contributed by atoms with Crippen LogP contribution in [0.4, 0.5) is 10.8 Å². The molecule has 2 aromatic heterocycles. The van der Waals surface area contributed by atoms with Crippen molar-refractivity contribution >= 4 is 32.4 Å². The molecule has 0 saturated carbocycles. The Labute approximate surface area is 155 Å². The highest BCUT2D eigenvalue weighted by Crippen LogP contribution is 2.39. The molecular weight excluding hydrogens is 346 g/mol. The van der Waals surface area contributed by atoms with Crippen molar-refractivity contribution in [3.05, 3.63) is 72.6 Å². The number of aromatic hydroxyl groups is 1. The fourth-order valence-electron chi connectivity index (χ4n) is 2.74. The van der Waals surface area contributed by atoms with Gasteiger partial charge in [-0.15, -0.1) is 0 Å². The summed E-state index contributed by atoms with van der Waals surface area (Å²) < 4.78 is 6.34. The number of para-hydroxylation sites is 2. The van der Waals surface area contributed by atoms with E-state index in [1.54, 1.807) is 36.8 Å². The molecule has 5 nitrogen and oxygen atoms in total. The Hall–Kier alpha value is -3.12. The average molecular weight is 363 g/mol. The molecule has 0 atom stereocenters. The Kier molecular flexibility index (Phi) is 4.41. The smallest absolute Gasteiger partial charge is 0.191 e. The number of fused-ring (bicyclic) bond motifs is 1. The zero-order valence-electron chi connectivity index (χ0n) is 14.2. The molecule has 1 N–H and O–H groups in total. The Balaban J connectivity index is 1.81. The van der Waals surface area contributed by atoms with Crippen LogP contribution in [0.1, 0.15) is 5.69 Å². The third kappa shape index (κ3) is 3.19. The largest absolute Gasteiger partial charge is 0.506 e. The molecule has 6 heteroatoms. The van der Waals surface area contributed by atoms with Gasteiger partial charge in [0.2, 0.25) is 0 Å². The molecule has 130 valence electrons. The molecule has 0 spiro atoms. The van der Waals surface area contributed by atoms with Gasteiger partial charge in [0.1, 0.15) is 11.5 Å². The number of pyridine rings is 1. The van der Waals surface area contributed by atoms with Crippen molar-refractivity contribution < 1.29 is 9.84 Å². The highest BCUT2D eigenvalue weighted by atomic mass is 32.1. The van der Waals surface area contributed by atoms with E-state index in [4.69, 9.17) is 9.72 Å². The molecule has 2 aromatic carbocycles. The molecule has 2 heterocycles. The molecule has 0 aliphatic heterocycles. The van der Waals surface area contributed by atoms with Gasteiger partial charge in [-0.2, -0.15) is 0 Å². The molecule has 0 bridgehead atoms. The normalized spacial score (nSPS) is 10.8. The third-order valence-electron chi connectivity index (χ3n) is 4.03. The average Bonchev–Trinajstić information content (AvgIpc) is 3.10. The zero-order valence-corrected chi connectivity index (χ0v) is 15.0. The summed E-state index contributed by atoms with van der Waals surface area (Å²) in [5.74, 6) is 1.01. The van der Waals surface area contributed by atoms with Gasteiger partial charge in [-0.1, -0.05) is 29.5 Å². The first-order valence-electron chi connectivity index (χ1n) is 8.14. The quantitative estimate of drug-likeness (QED) is 0.555. The van der Waals surface area contributed by atoms with Crippen LogP contribution in [0.3, 0.4) is 0 Å². The van der Waals surface area contributed by atoms with E-state index in [2.05, 4.69) is 4.98 Å². The van der Waals surface area contributed by atoms with E-state index in [9.17, 15) is 5.11 Å². The molecule has 0 unspecified atom stereocenters. The lowest BCUT2D eigenvalue weighted by atomic mass is 10.2. The second-order valence-corrected chi connectivity index (χ2v) is 6.74. The maximum atomic E-state index is 10.4. The number of nitrogens with zero attached hydrogens (tertiary/aromatic N) is 3. The summed E-state index contributed by atoms with van der Waals surface area (Å²) in [5, 5.41) is 11.2. The van der Waals surface area contributed by atoms with Crippen molar-refractivity contribution in [1.82, 2.24) is 9.97 Å². The maximum absolute atomic E-state index is 10.4. The van der Waals surface area contributed by atoms with Crippen molar-refractivity contribution in [2.45, 2.75) is 6.54 Å². The van der Waals surface area contributed by atoms with Crippen LogP contribution >= 0.6 is 11.3 Å². The van der Waals surface area contributed by atoms with E-state index >= 15 is 0 Å². The first-order chi connectivity index (χ1) is 12.7. The van der Waals surface area contributed by atoms with Gasteiger partial charge in [-0.3, -0.25) is 4.98 Å². The SMILES string of the molecule is COc1ccc2nc(N(Cc3ccccn3)c3ccccc3O)sc2c1. The van der Waals surface area contributed by atoms with Crippen LogP contribution in [0.2, 0.25) is 0 Å². The summed E-state index contributed by atoms with van der Waals surface area (Å²) in [5.41, 5.74) is 2.49. The molecule has 26 heavy (non-hydrogen) atoms. The summed E-state index contributed by atoms with van der Waals surface area (Å²) in [7, 11) is 1.65. The highest BCUT2D eigenvalue weighted by Gasteiger charge is 2.18. The number of ether oxygens (including phenoxy) is 1. The zero-order chi connectivity index (χ0) is 17.9. The second kappa shape index (κ2) is 7.01. The standard InChI is InChI=1S/C20H17N3O2S/c1-25-15-9-10-16-19(12-15)26-20(22-16)23(13-14-6-4-5-11-21-14)17-7-2-3-8-18(17)24/h2-12,24H,13H2,1H3. The maximum Gasteiger partial charge on any atom is 0.191 e. The Bertz CT molecular complexity index is 1030. The molecule has 4 rings (SSSR count). The van der Waals surface area contributed by atoms with Crippen LogP contribution < -0.4 is 9.64 Å². The first kappa shape index (κ1) is 16.4. The second-order valence-electron chi connectivity index (χ2n) is 5.73. The lowest BCUT2D eigenvalue weighted by molar-refractivity contribution is 0.415. The fourth-order valence-corrected chi connectivity index (χ4v) is 3.74. The summed E-state index contributed by atoms with van der Waals surface area (Å²) in [6.45, 7) is 0.509. The van der Waals surface area contributed by atoms with Gasteiger partial charge in [-0.05, 0) is 42.5 Å². The Morgan fingerprint density at radius 1 is 1.08 bits per heavy atom. The predicted molar refractivity (Wildman–Crippen MR) is 104 cm³/mol. The van der Waals surface area contributed by atoms with Gasteiger partial charge in [0, 0.05) is 6.20 Å². The van der Waals surface area contributed by atoms with Gasteiger partial charge in [0.05, 0.1) is 35.3 Å². The molecule has 0 aliphatic rings. The van der Waals surface area contributed by atoms with Crippen molar-refractivity contribution in [2.24, 2.45) is 0 Å². The van der Waals surface area contributed by atoms with Gasteiger partial charge in [-0.25, -0.2) is 4.98 Å². The van der Waals surface area contributed by atoms with Crippen LogP contribution in [-0.4, -0.2) is 22.2 Å². The Morgan fingerprint density at radius 3 is 2.69 bits per heavy atom. The van der Waals surface area contributed by atoms with Crippen molar-refractivity contribution in [3.63, 3.8) is 0 Å². The molecule has 0 fully saturated rings. The minimum atomic E-state index is 0.209. The lowest BCUT2D eigenvalue weighted by Gasteiger charge is -2.22. The number of thiazole rings is 1. The third-order valence-corrected chi connectivity index (χ3v) is 5.08. The number of hydrogen-bond donors (Lipinski definition) is 1. The first-order valence-corrected chi connectivity index (χ1v) is 8.96. The number of benzene rings is 2. The number of anilines is 2. The number of phenols is 1. The minimum absolute atomic E-state index is 0.209. The summed E-state index contributed by atoms with van der Waals surface area (Å²) in [6, 6.07) is 18.9. The molecule has 0 radical (unpaired) electrons. The molecule has 0 aliphatic carbocycles. The minimum Gasteiger partial charge on any atom is -0.506 e. The van der Waals surface area contributed by atoms with Gasteiger partial charge >= 0.3 is 0 Å². The van der Waals surface area contributed by atoms with E-state index in [-0.39, 0.29) is 5.75 Å². The summed E-state index contributed by atoms with van der Waals surface area (Å²) in [4.78, 5) is 11.1. The van der Waals surface area contributed by atoms with Crippen LogP contribution in [0.25, 0.3) is 10.2 Å². The lowest BCUT2D eigenvalue weighted by Crippen LogP contribution is -2.17. The van der Waals surface area contributed by atoms with Gasteiger partial charge in [0.25, 0.3) is 0 Å². The monoisotopic (exact) mass is 363 g/mol. The number of aromatic nitrogens is 2. The van der Waals surface area contributed by atoms with E-state index in [1.165, 1.54) is 0 Å². The van der Waals surface area contributed by atoms with E-state index < -0.39 is 0 Å². The van der Waals surface area contributed by atoms with Crippen LogP contribution in [-0.2, 0) is 6.54 Å². The van der Waals surface area contributed by atoms with E-state index in [1.807, 2.05) is 53.4 Å².